The van der Waals surface area contributed by atoms with Gasteiger partial charge in [-0.25, -0.2) is 28.4 Å². The van der Waals surface area contributed by atoms with Crippen LogP contribution >= 0.6 is 0 Å². The molecule has 10 heteroatoms. The molecule has 0 aromatic carbocycles. The number of hydrogen-bond acceptors (Lipinski definition) is 6. The predicted molar refractivity (Wildman–Crippen MR) is 92.6 cm³/mol. The SMILES string of the molecule is O=C(C1CCCN(c2cc(-n3cncn3)ncn2)C1)N1CCC(F)(F)CC1. The lowest BCUT2D eigenvalue weighted by atomic mass is 9.95. The van der Waals surface area contributed by atoms with Crippen molar-refractivity contribution >= 4 is 11.7 Å². The van der Waals surface area contributed by atoms with Gasteiger partial charge in [0.25, 0.3) is 5.92 Å². The molecule has 2 aromatic heterocycles. The van der Waals surface area contributed by atoms with Crippen molar-refractivity contribution in [1.29, 1.82) is 0 Å². The van der Waals surface area contributed by atoms with Crippen LogP contribution in [0.2, 0.25) is 0 Å². The first-order chi connectivity index (χ1) is 13.0. The highest BCUT2D eigenvalue weighted by Crippen LogP contribution is 2.30. The number of alkyl halides is 2. The van der Waals surface area contributed by atoms with Crippen molar-refractivity contribution in [3.8, 4) is 5.82 Å². The van der Waals surface area contributed by atoms with E-state index >= 15 is 0 Å². The third kappa shape index (κ3) is 3.88. The molecule has 1 atom stereocenters. The molecule has 1 amide bonds. The Morgan fingerprint density at radius 1 is 1.11 bits per heavy atom. The number of anilines is 1. The van der Waals surface area contributed by atoms with Crippen LogP contribution < -0.4 is 4.90 Å². The molecule has 0 saturated carbocycles. The lowest BCUT2D eigenvalue weighted by Gasteiger charge is -2.38. The summed E-state index contributed by atoms with van der Waals surface area (Å²) in [7, 11) is 0. The third-order valence-corrected chi connectivity index (χ3v) is 5.19. The predicted octanol–water partition coefficient (Wildman–Crippen LogP) is 1.53. The number of piperidine rings is 2. The second-order valence-electron chi connectivity index (χ2n) is 7.04. The third-order valence-electron chi connectivity index (χ3n) is 5.19. The van der Waals surface area contributed by atoms with Crippen LogP contribution in [0, 0.1) is 5.92 Å². The van der Waals surface area contributed by atoms with Crippen molar-refractivity contribution in [3.63, 3.8) is 0 Å². The molecule has 4 rings (SSSR count). The Hall–Kier alpha value is -2.65. The number of carbonyl (C=O) groups is 1. The van der Waals surface area contributed by atoms with Gasteiger partial charge >= 0.3 is 0 Å². The van der Waals surface area contributed by atoms with Crippen molar-refractivity contribution in [2.45, 2.75) is 31.6 Å². The molecule has 2 aromatic rings. The molecule has 0 spiro atoms. The molecule has 8 nitrogen and oxygen atoms in total. The molecule has 4 heterocycles. The summed E-state index contributed by atoms with van der Waals surface area (Å²) >= 11 is 0. The lowest BCUT2D eigenvalue weighted by molar-refractivity contribution is -0.141. The van der Waals surface area contributed by atoms with Crippen molar-refractivity contribution in [1.82, 2.24) is 29.6 Å². The zero-order chi connectivity index (χ0) is 18.9. The highest BCUT2D eigenvalue weighted by Gasteiger charge is 2.38. The fraction of sp³-hybridized carbons (Fsp3) is 0.588. The minimum Gasteiger partial charge on any atom is -0.356 e. The number of aromatic nitrogens is 5. The number of amides is 1. The summed E-state index contributed by atoms with van der Waals surface area (Å²) < 4.78 is 28.2. The first kappa shape index (κ1) is 17.7. The van der Waals surface area contributed by atoms with Gasteiger partial charge in [-0.3, -0.25) is 4.79 Å². The van der Waals surface area contributed by atoms with E-state index in [0.29, 0.717) is 12.4 Å². The summed E-state index contributed by atoms with van der Waals surface area (Å²) in [6, 6.07) is 1.81. The Balaban J connectivity index is 1.44. The van der Waals surface area contributed by atoms with E-state index in [9.17, 15) is 13.6 Å². The number of likely N-dealkylation sites (tertiary alicyclic amines) is 1. The summed E-state index contributed by atoms with van der Waals surface area (Å²) in [4.78, 5) is 28.9. The fourth-order valence-corrected chi connectivity index (χ4v) is 3.66. The number of carbonyl (C=O) groups excluding carboxylic acids is 1. The molecule has 0 radical (unpaired) electrons. The van der Waals surface area contributed by atoms with Crippen LogP contribution in [-0.2, 0) is 4.79 Å². The summed E-state index contributed by atoms with van der Waals surface area (Å²) in [5.41, 5.74) is 0. The summed E-state index contributed by atoms with van der Waals surface area (Å²) in [5, 5.41) is 4.06. The molecular weight excluding hydrogens is 356 g/mol. The Morgan fingerprint density at radius 3 is 2.63 bits per heavy atom. The molecule has 2 fully saturated rings. The van der Waals surface area contributed by atoms with E-state index in [4.69, 9.17) is 0 Å². The Kier molecular flexibility index (Phi) is 4.71. The molecule has 27 heavy (non-hydrogen) atoms. The molecule has 0 aliphatic carbocycles. The van der Waals surface area contributed by atoms with Gasteiger partial charge < -0.3 is 9.80 Å². The molecule has 2 saturated heterocycles. The van der Waals surface area contributed by atoms with Crippen molar-refractivity contribution in [2.75, 3.05) is 31.1 Å². The largest absolute Gasteiger partial charge is 0.356 e. The van der Waals surface area contributed by atoms with Crippen LogP contribution in [0.4, 0.5) is 14.6 Å². The van der Waals surface area contributed by atoms with Gasteiger partial charge in [-0.2, -0.15) is 5.10 Å². The first-order valence-electron chi connectivity index (χ1n) is 9.10. The van der Waals surface area contributed by atoms with Crippen LogP contribution in [0.1, 0.15) is 25.7 Å². The molecule has 2 aliphatic heterocycles. The topological polar surface area (TPSA) is 80.0 Å². The van der Waals surface area contributed by atoms with E-state index in [2.05, 4.69) is 20.1 Å². The van der Waals surface area contributed by atoms with Crippen LogP contribution in [0.25, 0.3) is 5.82 Å². The molecular formula is C17H21F2N7O. The highest BCUT2D eigenvalue weighted by molar-refractivity contribution is 5.80. The standard InChI is InChI=1S/C17H21F2N7O/c18-17(19)3-6-24(7-4-17)16(27)13-2-1-5-25(9-13)14-8-15(22-11-21-14)26-12-20-10-23-26/h8,10-13H,1-7,9H2. The van der Waals surface area contributed by atoms with Gasteiger partial charge in [0.2, 0.25) is 5.91 Å². The maximum Gasteiger partial charge on any atom is 0.251 e. The zero-order valence-electron chi connectivity index (χ0n) is 14.8. The Morgan fingerprint density at radius 2 is 1.89 bits per heavy atom. The zero-order valence-corrected chi connectivity index (χ0v) is 14.8. The maximum atomic E-state index is 13.3. The average Bonchev–Trinajstić information content (AvgIpc) is 3.23. The van der Waals surface area contributed by atoms with Gasteiger partial charge in [-0.15, -0.1) is 0 Å². The summed E-state index contributed by atoms with van der Waals surface area (Å²) in [6.45, 7) is 1.58. The fourth-order valence-electron chi connectivity index (χ4n) is 3.66. The maximum absolute atomic E-state index is 13.3. The summed E-state index contributed by atoms with van der Waals surface area (Å²) in [6.07, 6.45) is 5.57. The minimum atomic E-state index is -2.64. The first-order valence-corrected chi connectivity index (χ1v) is 9.10. The van der Waals surface area contributed by atoms with E-state index in [0.717, 1.165) is 25.2 Å². The van der Waals surface area contributed by atoms with Crippen LogP contribution in [0.15, 0.2) is 25.0 Å². The van der Waals surface area contributed by atoms with E-state index in [1.165, 1.54) is 12.7 Å². The molecule has 2 aliphatic rings. The number of halogens is 2. The van der Waals surface area contributed by atoms with Crippen LogP contribution in [0.3, 0.4) is 0 Å². The summed E-state index contributed by atoms with van der Waals surface area (Å²) in [5.74, 6) is -1.55. The second kappa shape index (κ2) is 7.16. The minimum absolute atomic E-state index is 0.0271. The number of nitrogens with zero attached hydrogens (tertiary/aromatic N) is 7. The molecule has 0 bridgehead atoms. The average molecular weight is 377 g/mol. The van der Waals surface area contributed by atoms with Gasteiger partial charge in [0.05, 0.1) is 5.92 Å². The van der Waals surface area contributed by atoms with Crippen LogP contribution in [-0.4, -0.2) is 67.6 Å². The lowest BCUT2D eigenvalue weighted by Crippen LogP contribution is -2.49. The molecule has 1 unspecified atom stereocenters. The van der Waals surface area contributed by atoms with E-state index in [1.807, 2.05) is 11.0 Å². The van der Waals surface area contributed by atoms with Gasteiger partial charge in [0.1, 0.15) is 24.8 Å². The van der Waals surface area contributed by atoms with Crippen molar-refractivity contribution < 1.29 is 13.6 Å². The van der Waals surface area contributed by atoms with E-state index in [1.54, 1.807) is 15.9 Å². The van der Waals surface area contributed by atoms with Crippen LogP contribution in [0.5, 0.6) is 0 Å². The van der Waals surface area contributed by atoms with Gasteiger partial charge in [-0.05, 0) is 12.8 Å². The smallest absolute Gasteiger partial charge is 0.251 e. The second-order valence-corrected chi connectivity index (χ2v) is 7.04. The monoisotopic (exact) mass is 377 g/mol. The van der Waals surface area contributed by atoms with Gasteiger partial charge in [0.15, 0.2) is 5.82 Å². The number of hydrogen-bond donors (Lipinski definition) is 0. The quantitative estimate of drug-likeness (QED) is 0.807. The molecule has 144 valence electrons. The highest BCUT2D eigenvalue weighted by atomic mass is 19.3. The van der Waals surface area contributed by atoms with Gasteiger partial charge in [-0.1, -0.05) is 0 Å². The normalized spacial score (nSPS) is 22.7. The Bertz CT molecular complexity index is 788. The van der Waals surface area contributed by atoms with Gasteiger partial charge in [0, 0.05) is 45.1 Å². The van der Waals surface area contributed by atoms with E-state index in [-0.39, 0.29) is 37.8 Å². The number of rotatable bonds is 3. The van der Waals surface area contributed by atoms with Crippen molar-refractivity contribution in [2.24, 2.45) is 5.92 Å². The van der Waals surface area contributed by atoms with Crippen molar-refractivity contribution in [3.05, 3.63) is 25.0 Å². The Labute approximate surface area is 155 Å². The molecule has 0 N–H and O–H groups in total. The van der Waals surface area contributed by atoms with E-state index < -0.39 is 5.92 Å².